The maximum atomic E-state index is 12.7. The first-order valence-electron chi connectivity index (χ1n) is 10.7. The molecule has 0 fully saturated rings. The first-order valence-corrected chi connectivity index (χ1v) is 12.2. The molecule has 0 aliphatic heterocycles. The number of benzene rings is 3. The second-order valence-electron chi connectivity index (χ2n) is 8.13. The highest BCUT2D eigenvalue weighted by Gasteiger charge is 2.35. The van der Waals surface area contributed by atoms with Gasteiger partial charge in [-0.05, 0) is 69.7 Å². The van der Waals surface area contributed by atoms with Gasteiger partial charge in [-0.2, -0.15) is 0 Å². The fraction of sp³-hybridized carbons (Fsp3) is 0.296. The highest BCUT2D eigenvalue weighted by atomic mass is 32.3. The fourth-order valence-corrected chi connectivity index (χ4v) is 6.53. The molecule has 3 heteroatoms. The standard InChI is InChI=1S/C27H32O2S/c1-6-27(28)29-30(24-10-8-7-9-11-24,25-16-12-22(13-17-25)20(2)3)26-18-14-23(15-19-26)21(4)5/h7-21H,6H2,1-5H3. The van der Waals surface area contributed by atoms with Gasteiger partial charge in [-0.1, -0.05) is 77.1 Å². The van der Waals surface area contributed by atoms with Gasteiger partial charge in [0.25, 0.3) is 0 Å². The number of hydrogen-bond acceptors (Lipinski definition) is 2. The third-order valence-corrected chi connectivity index (χ3v) is 8.58. The van der Waals surface area contributed by atoms with Crippen molar-refractivity contribution in [3.8, 4) is 0 Å². The summed E-state index contributed by atoms with van der Waals surface area (Å²) in [5.74, 6) is 0.710. The molecule has 0 heterocycles. The molecule has 0 radical (unpaired) electrons. The largest absolute Gasteiger partial charge is 0.402 e. The smallest absolute Gasteiger partial charge is 0.316 e. The van der Waals surface area contributed by atoms with Crippen molar-refractivity contribution < 1.29 is 8.98 Å². The Labute approximate surface area is 182 Å². The van der Waals surface area contributed by atoms with E-state index in [0.717, 1.165) is 14.7 Å². The number of carbonyl (C=O) groups excluding carboxylic acids is 1. The second kappa shape index (κ2) is 9.53. The van der Waals surface area contributed by atoms with Gasteiger partial charge in [0, 0.05) is 21.1 Å². The van der Waals surface area contributed by atoms with E-state index in [1.165, 1.54) is 11.1 Å². The van der Waals surface area contributed by atoms with Crippen molar-refractivity contribution >= 4 is 16.3 Å². The minimum atomic E-state index is -2.18. The lowest BCUT2D eigenvalue weighted by molar-refractivity contribution is -0.133. The Morgan fingerprint density at radius 1 is 0.700 bits per heavy atom. The summed E-state index contributed by atoms with van der Waals surface area (Å²) in [4.78, 5) is 15.8. The molecule has 0 amide bonds. The minimum Gasteiger partial charge on any atom is -0.402 e. The van der Waals surface area contributed by atoms with E-state index in [1.54, 1.807) is 0 Å². The quantitative estimate of drug-likeness (QED) is 0.386. The van der Waals surface area contributed by atoms with Crippen molar-refractivity contribution in [2.45, 2.75) is 67.6 Å². The van der Waals surface area contributed by atoms with Crippen molar-refractivity contribution in [3.05, 3.63) is 90.0 Å². The Kier molecular flexibility index (Phi) is 7.04. The fourth-order valence-electron chi connectivity index (χ4n) is 3.45. The number of hydrogen-bond donors (Lipinski definition) is 0. The highest BCUT2D eigenvalue weighted by Crippen LogP contribution is 2.69. The Morgan fingerprint density at radius 3 is 1.47 bits per heavy atom. The summed E-state index contributed by atoms with van der Waals surface area (Å²) in [5.41, 5.74) is 2.55. The van der Waals surface area contributed by atoms with E-state index in [9.17, 15) is 4.79 Å². The Balaban J connectivity index is 2.27. The van der Waals surface area contributed by atoms with E-state index in [0.29, 0.717) is 18.3 Å². The van der Waals surface area contributed by atoms with E-state index in [2.05, 4.69) is 88.4 Å². The molecule has 0 atom stereocenters. The molecular weight excluding hydrogens is 388 g/mol. The first kappa shape index (κ1) is 22.2. The molecule has 0 bridgehead atoms. The van der Waals surface area contributed by atoms with Crippen LogP contribution in [0.1, 0.15) is 64.0 Å². The van der Waals surface area contributed by atoms with Gasteiger partial charge in [0.1, 0.15) is 0 Å². The molecule has 3 aromatic carbocycles. The average molecular weight is 421 g/mol. The minimum absolute atomic E-state index is 0.185. The predicted molar refractivity (Wildman–Crippen MR) is 126 cm³/mol. The predicted octanol–water partition coefficient (Wildman–Crippen LogP) is 8.08. The third-order valence-electron chi connectivity index (χ3n) is 5.34. The first-order chi connectivity index (χ1) is 14.4. The third kappa shape index (κ3) is 4.46. The maximum absolute atomic E-state index is 12.7. The zero-order chi connectivity index (χ0) is 21.7. The Hall–Kier alpha value is -2.52. The summed E-state index contributed by atoms with van der Waals surface area (Å²) in [6.45, 7) is 10.6. The van der Waals surface area contributed by atoms with Gasteiger partial charge in [-0.3, -0.25) is 4.79 Å². The van der Waals surface area contributed by atoms with Crippen molar-refractivity contribution in [1.29, 1.82) is 0 Å². The molecule has 0 aromatic heterocycles. The maximum Gasteiger partial charge on any atom is 0.316 e. The molecule has 0 aliphatic rings. The lowest BCUT2D eigenvalue weighted by atomic mass is 10.0. The molecule has 3 rings (SSSR count). The zero-order valence-electron chi connectivity index (χ0n) is 18.6. The lowest BCUT2D eigenvalue weighted by Gasteiger charge is -2.40. The molecule has 0 saturated carbocycles. The summed E-state index contributed by atoms with van der Waals surface area (Å²) < 4.78 is 6.39. The summed E-state index contributed by atoms with van der Waals surface area (Å²) in [5, 5.41) is 0. The van der Waals surface area contributed by atoms with Crippen LogP contribution in [-0.2, 0) is 8.98 Å². The van der Waals surface area contributed by atoms with Gasteiger partial charge in [0.05, 0.1) is 0 Å². The molecule has 0 aliphatic carbocycles. The second-order valence-corrected chi connectivity index (χ2v) is 10.8. The van der Waals surface area contributed by atoms with E-state index in [-0.39, 0.29) is 5.97 Å². The number of rotatable bonds is 7. The van der Waals surface area contributed by atoms with Crippen LogP contribution in [0, 0.1) is 0 Å². The van der Waals surface area contributed by atoms with E-state index >= 15 is 0 Å². The van der Waals surface area contributed by atoms with E-state index < -0.39 is 10.3 Å². The monoisotopic (exact) mass is 420 g/mol. The van der Waals surface area contributed by atoms with Gasteiger partial charge in [-0.15, -0.1) is 0 Å². The van der Waals surface area contributed by atoms with Crippen LogP contribution in [0.25, 0.3) is 0 Å². The van der Waals surface area contributed by atoms with Gasteiger partial charge in [0.15, 0.2) is 0 Å². The molecular formula is C27H32O2S. The van der Waals surface area contributed by atoms with Crippen molar-refractivity contribution in [2.24, 2.45) is 0 Å². The van der Waals surface area contributed by atoms with Crippen molar-refractivity contribution in [2.75, 3.05) is 0 Å². The van der Waals surface area contributed by atoms with Crippen LogP contribution in [0.2, 0.25) is 0 Å². The van der Waals surface area contributed by atoms with Crippen LogP contribution < -0.4 is 0 Å². The Bertz CT molecular complexity index is 907. The summed E-state index contributed by atoms with van der Waals surface area (Å²) >= 11 is 0. The molecule has 0 N–H and O–H groups in total. The zero-order valence-corrected chi connectivity index (χ0v) is 19.4. The summed E-state index contributed by atoms with van der Waals surface area (Å²) in [6.07, 6.45) is 0.343. The average Bonchev–Trinajstić information content (AvgIpc) is 2.78. The molecule has 0 spiro atoms. The van der Waals surface area contributed by atoms with Gasteiger partial charge < -0.3 is 4.18 Å². The summed E-state index contributed by atoms with van der Waals surface area (Å²) in [7, 11) is -2.18. The topological polar surface area (TPSA) is 26.3 Å². The lowest BCUT2D eigenvalue weighted by Crippen LogP contribution is -2.13. The van der Waals surface area contributed by atoms with Crippen LogP contribution in [0.4, 0.5) is 0 Å². The van der Waals surface area contributed by atoms with E-state index in [1.807, 2.05) is 25.1 Å². The molecule has 30 heavy (non-hydrogen) atoms. The van der Waals surface area contributed by atoms with Crippen LogP contribution in [0.15, 0.2) is 93.5 Å². The normalized spacial score (nSPS) is 12.2. The SMILES string of the molecule is CCC(=O)OS(c1ccccc1)(c1ccc(C(C)C)cc1)c1ccc(C(C)C)cc1. The Morgan fingerprint density at radius 2 is 1.10 bits per heavy atom. The highest BCUT2D eigenvalue weighted by molar-refractivity contribution is 8.30. The molecule has 3 aromatic rings. The van der Waals surface area contributed by atoms with Crippen LogP contribution in [0.5, 0.6) is 0 Å². The van der Waals surface area contributed by atoms with Crippen LogP contribution in [0.3, 0.4) is 0 Å². The molecule has 2 nitrogen and oxygen atoms in total. The van der Waals surface area contributed by atoms with Gasteiger partial charge in [0.2, 0.25) is 0 Å². The molecule has 158 valence electrons. The summed E-state index contributed by atoms with van der Waals surface area (Å²) in [6, 6.07) is 27.4. The van der Waals surface area contributed by atoms with Crippen LogP contribution >= 0.6 is 10.3 Å². The van der Waals surface area contributed by atoms with Crippen molar-refractivity contribution in [3.63, 3.8) is 0 Å². The van der Waals surface area contributed by atoms with Crippen molar-refractivity contribution in [1.82, 2.24) is 0 Å². The molecule has 0 unspecified atom stereocenters. The van der Waals surface area contributed by atoms with Gasteiger partial charge >= 0.3 is 5.97 Å². The molecule has 0 saturated heterocycles. The van der Waals surface area contributed by atoms with E-state index in [4.69, 9.17) is 4.18 Å². The number of carbonyl (C=O) groups is 1. The van der Waals surface area contributed by atoms with Crippen LogP contribution in [-0.4, -0.2) is 5.97 Å². The van der Waals surface area contributed by atoms with Gasteiger partial charge in [-0.25, -0.2) is 0 Å².